The van der Waals surface area contributed by atoms with Crippen LogP contribution in [0.2, 0.25) is 0 Å². The number of carbonyl (C=O) groups excluding carboxylic acids is 1. The molecule has 0 saturated carbocycles. The largest absolute Gasteiger partial charge is 0.508 e. The van der Waals surface area contributed by atoms with E-state index in [-0.39, 0.29) is 17.1 Å². The van der Waals surface area contributed by atoms with Gasteiger partial charge in [0.25, 0.3) is 5.91 Å². The van der Waals surface area contributed by atoms with Crippen LogP contribution in [0.4, 0.5) is 5.69 Å². The number of hydrogen-bond donors (Lipinski definition) is 3. The second-order valence-corrected chi connectivity index (χ2v) is 3.92. The predicted octanol–water partition coefficient (Wildman–Crippen LogP) is 2.33. The van der Waals surface area contributed by atoms with E-state index in [1.54, 1.807) is 24.3 Å². The average Bonchev–Trinajstić information content (AvgIpc) is 2.37. The number of rotatable bonds is 2. The van der Waals surface area contributed by atoms with Crippen LogP contribution in [0.15, 0.2) is 42.5 Å². The van der Waals surface area contributed by atoms with Crippen LogP contribution in [0, 0.1) is 12.3 Å². The van der Waals surface area contributed by atoms with Gasteiger partial charge in [0, 0.05) is 22.9 Å². The molecule has 0 saturated heterocycles. The van der Waals surface area contributed by atoms with E-state index in [1.807, 2.05) is 0 Å². The number of nitrogens with one attached hydrogen (secondary N) is 1. The summed E-state index contributed by atoms with van der Waals surface area (Å²) >= 11 is 0. The molecule has 0 atom stereocenters. The number of anilines is 1. The van der Waals surface area contributed by atoms with Crippen molar-refractivity contribution < 1.29 is 15.0 Å². The molecule has 4 heteroatoms. The van der Waals surface area contributed by atoms with Crippen molar-refractivity contribution >= 4 is 11.6 Å². The molecule has 0 radical (unpaired) electrons. The van der Waals surface area contributed by atoms with E-state index in [1.165, 1.54) is 12.1 Å². The highest BCUT2D eigenvalue weighted by Crippen LogP contribution is 2.21. The molecule has 94 valence electrons. The Bertz CT molecular complexity index is 651. The maximum Gasteiger partial charge on any atom is 0.255 e. The van der Waals surface area contributed by atoms with Crippen molar-refractivity contribution in [1.29, 1.82) is 0 Å². The minimum atomic E-state index is -0.444. The van der Waals surface area contributed by atoms with Gasteiger partial charge >= 0.3 is 0 Å². The molecule has 0 heterocycles. The Labute approximate surface area is 110 Å². The molecule has 2 aromatic rings. The summed E-state index contributed by atoms with van der Waals surface area (Å²) in [6, 6.07) is 10.5. The van der Waals surface area contributed by atoms with Gasteiger partial charge < -0.3 is 15.5 Å². The van der Waals surface area contributed by atoms with Crippen molar-refractivity contribution in [2.75, 3.05) is 5.32 Å². The molecule has 0 aliphatic heterocycles. The molecule has 0 unspecified atom stereocenters. The van der Waals surface area contributed by atoms with Gasteiger partial charge in [-0.1, -0.05) is 12.0 Å². The van der Waals surface area contributed by atoms with Crippen LogP contribution >= 0.6 is 0 Å². The van der Waals surface area contributed by atoms with Gasteiger partial charge in [-0.25, -0.2) is 0 Å². The predicted molar refractivity (Wildman–Crippen MR) is 72.1 cm³/mol. The Kier molecular flexibility index (Phi) is 3.39. The van der Waals surface area contributed by atoms with Crippen molar-refractivity contribution in [3.8, 4) is 23.8 Å². The Morgan fingerprint density at radius 1 is 1.11 bits per heavy atom. The van der Waals surface area contributed by atoms with Gasteiger partial charge in [-0.3, -0.25) is 4.79 Å². The first kappa shape index (κ1) is 12.5. The van der Waals surface area contributed by atoms with Crippen LogP contribution in [-0.2, 0) is 0 Å². The highest BCUT2D eigenvalue weighted by Gasteiger charge is 2.09. The summed E-state index contributed by atoms with van der Waals surface area (Å²) in [6.07, 6.45) is 5.27. The van der Waals surface area contributed by atoms with Crippen molar-refractivity contribution in [1.82, 2.24) is 0 Å². The molecule has 4 nitrogen and oxygen atoms in total. The fraction of sp³-hybridized carbons (Fsp3) is 0. The van der Waals surface area contributed by atoms with E-state index < -0.39 is 5.91 Å². The molecular weight excluding hydrogens is 242 g/mol. The van der Waals surface area contributed by atoms with Crippen LogP contribution in [-0.4, -0.2) is 16.1 Å². The number of aromatic hydroxyl groups is 2. The Morgan fingerprint density at radius 3 is 2.42 bits per heavy atom. The van der Waals surface area contributed by atoms with Gasteiger partial charge in [-0.05, 0) is 30.3 Å². The zero-order chi connectivity index (χ0) is 13.8. The van der Waals surface area contributed by atoms with Crippen molar-refractivity contribution in [2.24, 2.45) is 0 Å². The molecule has 0 aromatic heterocycles. The van der Waals surface area contributed by atoms with Gasteiger partial charge in [0.2, 0.25) is 0 Å². The standard InChI is InChI=1S/C15H11NO3/c1-2-10-4-3-5-12(6-10)16-15(19)11-7-13(17)9-14(18)8-11/h1,3-9,17-18H,(H,16,19). The lowest BCUT2D eigenvalue weighted by Gasteiger charge is -2.06. The lowest BCUT2D eigenvalue weighted by atomic mass is 10.1. The lowest BCUT2D eigenvalue weighted by Crippen LogP contribution is -2.11. The van der Waals surface area contributed by atoms with Gasteiger partial charge in [-0.2, -0.15) is 0 Å². The van der Waals surface area contributed by atoms with E-state index in [9.17, 15) is 15.0 Å². The Morgan fingerprint density at radius 2 is 1.79 bits per heavy atom. The van der Waals surface area contributed by atoms with Gasteiger partial charge in [0.1, 0.15) is 11.5 Å². The van der Waals surface area contributed by atoms with Crippen LogP contribution in [0.3, 0.4) is 0 Å². The monoisotopic (exact) mass is 253 g/mol. The summed E-state index contributed by atoms with van der Waals surface area (Å²) in [7, 11) is 0. The summed E-state index contributed by atoms with van der Waals surface area (Å²) in [5.74, 6) is 1.67. The van der Waals surface area contributed by atoms with Gasteiger partial charge in [0.15, 0.2) is 0 Å². The van der Waals surface area contributed by atoms with Crippen LogP contribution < -0.4 is 5.32 Å². The number of terminal acetylenes is 1. The number of carbonyl (C=O) groups is 1. The minimum Gasteiger partial charge on any atom is -0.508 e. The topological polar surface area (TPSA) is 69.6 Å². The first-order valence-corrected chi connectivity index (χ1v) is 5.49. The molecule has 0 aliphatic carbocycles. The third kappa shape index (κ3) is 3.05. The SMILES string of the molecule is C#Cc1cccc(NC(=O)c2cc(O)cc(O)c2)c1. The van der Waals surface area contributed by atoms with E-state index in [0.717, 1.165) is 6.07 Å². The molecule has 2 rings (SSSR count). The van der Waals surface area contributed by atoms with Crippen LogP contribution in [0.25, 0.3) is 0 Å². The minimum absolute atomic E-state index is 0.156. The zero-order valence-corrected chi connectivity index (χ0v) is 9.92. The first-order chi connectivity index (χ1) is 9.08. The number of hydrogen-bond acceptors (Lipinski definition) is 3. The fourth-order valence-electron chi connectivity index (χ4n) is 1.62. The third-order valence-electron chi connectivity index (χ3n) is 2.45. The highest BCUT2D eigenvalue weighted by atomic mass is 16.3. The average molecular weight is 253 g/mol. The number of phenolic OH excluding ortho intramolecular Hbond substituents is 2. The number of phenols is 2. The van der Waals surface area contributed by atoms with E-state index >= 15 is 0 Å². The quantitative estimate of drug-likeness (QED) is 0.719. The maximum atomic E-state index is 11.9. The van der Waals surface area contributed by atoms with E-state index in [0.29, 0.717) is 11.3 Å². The Hall–Kier alpha value is -2.93. The molecule has 0 aliphatic rings. The summed E-state index contributed by atoms with van der Waals surface area (Å²) in [6.45, 7) is 0. The normalized spacial score (nSPS) is 9.63. The van der Waals surface area contributed by atoms with Crippen LogP contribution in [0.1, 0.15) is 15.9 Å². The Balaban J connectivity index is 2.23. The van der Waals surface area contributed by atoms with E-state index in [2.05, 4.69) is 11.2 Å². The highest BCUT2D eigenvalue weighted by molar-refractivity contribution is 6.04. The second kappa shape index (κ2) is 5.15. The maximum absolute atomic E-state index is 11.9. The summed E-state index contributed by atoms with van der Waals surface area (Å²) in [4.78, 5) is 11.9. The van der Waals surface area contributed by atoms with Crippen molar-refractivity contribution in [3.05, 3.63) is 53.6 Å². The van der Waals surface area contributed by atoms with E-state index in [4.69, 9.17) is 6.42 Å². The summed E-state index contributed by atoms with van der Waals surface area (Å²) in [5, 5.41) is 21.3. The first-order valence-electron chi connectivity index (χ1n) is 5.49. The smallest absolute Gasteiger partial charge is 0.255 e. The number of benzene rings is 2. The molecule has 3 N–H and O–H groups in total. The fourth-order valence-corrected chi connectivity index (χ4v) is 1.62. The van der Waals surface area contributed by atoms with Crippen LogP contribution in [0.5, 0.6) is 11.5 Å². The molecule has 1 amide bonds. The van der Waals surface area contributed by atoms with Crippen molar-refractivity contribution in [2.45, 2.75) is 0 Å². The molecule has 0 fully saturated rings. The second-order valence-electron chi connectivity index (χ2n) is 3.92. The van der Waals surface area contributed by atoms with Gasteiger partial charge in [-0.15, -0.1) is 6.42 Å². The molecule has 0 spiro atoms. The molecule has 0 bridgehead atoms. The number of amides is 1. The molecule has 2 aromatic carbocycles. The van der Waals surface area contributed by atoms with Gasteiger partial charge in [0.05, 0.1) is 0 Å². The zero-order valence-electron chi connectivity index (χ0n) is 9.92. The molecule has 19 heavy (non-hydrogen) atoms. The van der Waals surface area contributed by atoms with Crippen molar-refractivity contribution in [3.63, 3.8) is 0 Å². The summed E-state index contributed by atoms with van der Waals surface area (Å²) in [5.41, 5.74) is 1.35. The lowest BCUT2D eigenvalue weighted by molar-refractivity contribution is 0.102. The third-order valence-corrected chi connectivity index (χ3v) is 2.45. The molecular formula is C15H11NO3. The summed E-state index contributed by atoms with van der Waals surface area (Å²) < 4.78 is 0.